The number of carbonyl (C=O) groups is 1. The fraction of sp³-hybridized carbons (Fsp3) is 0.133. The Morgan fingerprint density at radius 2 is 1.89 bits per heavy atom. The lowest BCUT2D eigenvalue weighted by Gasteiger charge is -2.06. The molecule has 0 unspecified atom stereocenters. The van der Waals surface area contributed by atoms with Gasteiger partial charge in [0.25, 0.3) is 0 Å². The number of hydrogen-bond acceptors (Lipinski definition) is 2. The van der Waals surface area contributed by atoms with Gasteiger partial charge < -0.3 is 4.74 Å². The second-order valence-corrected chi connectivity index (χ2v) is 5.01. The molecule has 0 saturated carbocycles. The van der Waals surface area contributed by atoms with Crippen molar-refractivity contribution in [1.82, 2.24) is 0 Å². The minimum Gasteiger partial charge on any atom is -0.457 e. The molecule has 0 saturated heterocycles. The van der Waals surface area contributed by atoms with Gasteiger partial charge in [0.2, 0.25) is 0 Å². The van der Waals surface area contributed by atoms with Crippen LogP contribution in [0.3, 0.4) is 0 Å². The van der Waals surface area contributed by atoms with Crippen LogP contribution in [-0.4, -0.2) is 5.97 Å². The predicted molar refractivity (Wildman–Crippen MR) is 76.8 cm³/mol. The van der Waals surface area contributed by atoms with Gasteiger partial charge in [0, 0.05) is 0 Å². The summed E-state index contributed by atoms with van der Waals surface area (Å²) in [6.07, 6.45) is 0. The molecule has 0 amide bonds. The summed E-state index contributed by atoms with van der Waals surface area (Å²) in [7, 11) is 0. The fourth-order valence-electron chi connectivity index (χ4n) is 1.63. The van der Waals surface area contributed by atoms with Crippen LogP contribution >= 0.6 is 23.2 Å². The Morgan fingerprint density at radius 1 is 1.11 bits per heavy atom. The molecule has 2 aromatic carbocycles. The molecule has 0 radical (unpaired) electrons. The molecule has 2 aromatic rings. The largest absolute Gasteiger partial charge is 0.457 e. The monoisotopic (exact) mass is 294 g/mol. The molecule has 0 atom stereocenters. The first-order valence-corrected chi connectivity index (χ1v) is 6.49. The highest BCUT2D eigenvalue weighted by molar-refractivity contribution is 6.42. The number of carbonyl (C=O) groups excluding carboxylic acids is 1. The number of hydrogen-bond donors (Lipinski definition) is 0. The van der Waals surface area contributed by atoms with E-state index in [9.17, 15) is 4.79 Å². The zero-order valence-corrected chi connectivity index (χ0v) is 11.8. The molecule has 19 heavy (non-hydrogen) atoms. The lowest BCUT2D eigenvalue weighted by atomic mass is 10.1. The number of benzene rings is 2. The van der Waals surface area contributed by atoms with Crippen molar-refractivity contribution in [3.05, 3.63) is 69.2 Å². The summed E-state index contributed by atoms with van der Waals surface area (Å²) in [5.74, 6) is -0.352. The lowest BCUT2D eigenvalue weighted by molar-refractivity contribution is 0.0472. The molecule has 2 rings (SSSR count). The van der Waals surface area contributed by atoms with E-state index in [-0.39, 0.29) is 12.6 Å². The standard InChI is InChI=1S/C15H12Cl2O2/c1-10-3-2-4-12(7-10)15(18)19-9-11-5-6-13(16)14(17)8-11/h2-8H,9H2,1H3. The highest BCUT2D eigenvalue weighted by Gasteiger charge is 2.08. The third kappa shape index (κ3) is 3.72. The van der Waals surface area contributed by atoms with Crippen LogP contribution in [0.15, 0.2) is 42.5 Å². The van der Waals surface area contributed by atoms with Gasteiger partial charge in [0.05, 0.1) is 15.6 Å². The van der Waals surface area contributed by atoms with Gasteiger partial charge in [-0.3, -0.25) is 0 Å². The summed E-state index contributed by atoms with van der Waals surface area (Å²) in [4.78, 5) is 11.8. The SMILES string of the molecule is Cc1cccc(C(=O)OCc2ccc(Cl)c(Cl)c2)c1. The van der Waals surface area contributed by atoms with E-state index in [1.807, 2.05) is 19.1 Å². The summed E-state index contributed by atoms with van der Waals surface area (Å²) in [5.41, 5.74) is 2.36. The van der Waals surface area contributed by atoms with Crippen molar-refractivity contribution >= 4 is 29.2 Å². The van der Waals surface area contributed by atoms with E-state index in [0.29, 0.717) is 15.6 Å². The molecule has 0 spiro atoms. The number of esters is 1. The second-order valence-electron chi connectivity index (χ2n) is 4.19. The zero-order valence-electron chi connectivity index (χ0n) is 10.3. The van der Waals surface area contributed by atoms with Crippen molar-refractivity contribution in [3.63, 3.8) is 0 Å². The Kier molecular flexibility index (Phi) is 4.46. The van der Waals surface area contributed by atoms with E-state index in [1.165, 1.54) is 0 Å². The van der Waals surface area contributed by atoms with Crippen molar-refractivity contribution in [2.45, 2.75) is 13.5 Å². The summed E-state index contributed by atoms with van der Waals surface area (Å²) in [5, 5.41) is 0.932. The first-order valence-electron chi connectivity index (χ1n) is 5.74. The van der Waals surface area contributed by atoms with Crippen molar-refractivity contribution < 1.29 is 9.53 Å². The Bertz CT molecular complexity index is 609. The Morgan fingerprint density at radius 3 is 2.58 bits per heavy atom. The van der Waals surface area contributed by atoms with E-state index >= 15 is 0 Å². The van der Waals surface area contributed by atoms with Crippen LogP contribution < -0.4 is 0 Å². The minimum atomic E-state index is -0.352. The maximum absolute atomic E-state index is 11.8. The first-order chi connectivity index (χ1) is 9.06. The van der Waals surface area contributed by atoms with E-state index in [4.69, 9.17) is 27.9 Å². The molecule has 2 nitrogen and oxygen atoms in total. The molecule has 0 aromatic heterocycles. The second kappa shape index (κ2) is 6.09. The van der Waals surface area contributed by atoms with Gasteiger partial charge in [0.1, 0.15) is 6.61 Å². The van der Waals surface area contributed by atoms with Gasteiger partial charge in [-0.05, 0) is 36.8 Å². The van der Waals surface area contributed by atoms with Gasteiger partial charge in [0.15, 0.2) is 0 Å². The molecule has 0 bridgehead atoms. The zero-order chi connectivity index (χ0) is 13.8. The summed E-state index contributed by atoms with van der Waals surface area (Å²) in [6, 6.07) is 12.4. The average Bonchev–Trinajstić information content (AvgIpc) is 2.40. The molecule has 0 aliphatic carbocycles. The van der Waals surface area contributed by atoms with Crippen LogP contribution in [0, 0.1) is 6.92 Å². The highest BCUT2D eigenvalue weighted by Crippen LogP contribution is 2.23. The fourth-order valence-corrected chi connectivity index (χ4v) is 1.95. The van der Waals surface area contributed by atoms with E-state index in [2.05, 4.69) is 0 Å². The third-order valence-electron chi connectivity index (χ3n) is 2.61. The molecule has 98 valence electrons. The number of rotatable bonds is 3. The van der Waals surface area contributed by atoms with Gasteiger partial charge in [-0.2, -0.15) is 0 Å². The predicted octanol–water partition coefficient (Wildman–Crippen LogP) is 4.66. The quantitative estimate of drug-likeness (QED) is 0.770. The minimum absolute atomic E-state index is 0.170. The van der Waals surface area contributed by atoms with Crippen molar-refractivity contribution in [1.29, 1.82) is 0 Å². The van der Waals surface area contributed by atoms with Gasteiger partial charge >= 0.3 is 5.97 Å². The number of halogens is 2. The normalized spacial score (nSPS) is 10.3. The third-order valence-corrected chi connectivity index (χ3v) is 3.35. The van der Waals surface area contributed by atoms with Gasteiger partial charge in [-0.1, -0.05) is 47.0 Å². The van der Waals surface area contributed by atoms with E-state index in [1.54, 1.807) is 30.3 Å². The summed E-state index contributed by atoms with van der Waals surface area (Å²) >= 11 is 11.7. The molecule has 0 aliphatic heterocycles. The van der Waals surface area contributed by atoms with Crippen molar-refractivity contribution in [2.75, 3.05) is 0 Å². The van der Waals surface area contributed by atoms with Crippen LogP contribution in [0.4, 0.5) is 0 Å². The maximum atomic E-state index is 11.8. The smallest absolute Gasteiger partial charge is 0.338 e. The van der Waals surface area contributed by atoms with Gasteiger partial charge in [-0.25, -0.2) is 4.79 Å². The summed E-state index contributed by atoms with van der Waals surface area (Å²) < 4.78 is 5.22. The van der Waals surface area contributed by atoms with Crippen LogP contribution in [-0.2, 0) is 11.3 Å². The average molecular weight is 295 g/mol. The molecule has 0 heterocycles. The van der Waals surface area contributed by atoms with Gasteiger partial charge in [-0.15, -0.1) is 0 Å². The van der Waals surface area contributed by atoms with Crippen LogP contribution in [0.2, 0.25) is 10.0 Å². The number of ether oxygens (including phenoxy) is 1. The number of aryl methyl sites for hydroxylation is 1. The molecule has 0 fully saturated rings. The Labute approximate surface area is 121 Å². The van der Waals surface area contributed by atoms with Crippen LogP contribution in [0.25, 0.3) is 0 Å². The molecular weight excluding hydrogens is 283 g/mol. The topological polar surface area (TPSA) is 26.3 Å². The molecular formula is C15H12Cl2O2. The lowest BCUT2D eigenvalue weighted by Crippen LogP contribution is -2.05. The molecule has 4 heteroatoms. The maximum Gasteiger partial charge on any atom is 0.338 e. The van der Waals surface area contributed by atoms with E-state index in [0.717, 1.165) is 11.1 Å². The highest BCUT2D eigenvalue weighted by atomic mass is 35.5. The van der Waals surface area contributed by atoms with Crippen molar-refractivity contribution in [2.24, 2.45) is 0 Å². The van der Waals surface area contributed by atoms with Crippen LogP contribution in [0.5, 0.6) is 0 Å². The Hall–Kier alpha value is -1.51. The summed E-state index contributed by atoms with van der Waals surface area (Å²) in [6.45, 7) is 2.10. The Balaban J connectivity index is 2.02. The molecule has 0 N–H and O–H groups in total. The molecule has 0 aliphatic rings. The van der Waals surface area contributed by atoms with E-state index < -0.39 is 0 Å². The first kappa shape index (κ1) is 13.9. The van der Waals surface area contributed by atoms with Crippen molar-refractivity contribution in [3.8, 4) is 0 Å². The van der Waals surface area contributed by atoms with Crippen LogP contribution in [0.1, 0.15) is 21.5 Å².